The molecule has 2 aromatic heterocycles. The lowest BCUT2D eigenvalue weighted by atomic mass is 9.76. The van der Waals surface area contributed by atoms with Gasteiger partial charge >= 0.3 is 0 Å². The Labute approximate surface area is 145 Å². The first-order chi connectivity index (χ1) is 10.9. The molecule has 2 heterocycles. The fraction of sp³-hybridized carbons (Fsp3) is 0.412. The van der Waals surface area contributed by atoms with Gasteiger partial charge in [-0.25, -0.2) is 0 Å². The fourth-order valence-electron chi connectivity index (χ4n) is 3.18. The summed E-state index contributed by atoms with van der Waals surface area (Å²) in [5.41, 5.74) is 9.34. The van der Waals surface area contributed by atoms with E-state index in [9.17, 15) is 4.79 Å². The molecule has 1 amide bonds. The normalized spacial score (nSPS) is 16.1. The van der Waals surface area contributed by atoms with Crippen LogP contribution in [0.15, 0.2) is 18.3 Å². The van der Waals surface area contributed by atoms with Gasteiger partial charge in [-0.05, 0) is 49.2 Å². The number of nitrogens with zero attached hydrogens (tertiary/aromatic N) is 1. The lowest BCUT2D eigenvalue weighted by Crippen LogP contribution is -2.24. The van der Waals surface area contributed by atoms with Crippen LogP contribution in [0.1, 0.15) is 46.6 Å². The Morgan fingerprint density at radius 3 is 3.00 bits per heavy atom. The number of aryl methyl sites for hydroxylation is 1. The second-order valence-corrected chi connectivity index (χ2v) is 8.06. The Morgan fingerprint density at radius 1 is 1.52 bits per heavy atom. The molecule has 0 aliphatic heterocycles. The van der Waals surface area contributed by atoms with Crippen LogP contribution in [0.25, 0.3) is 10.6 Å². The molecule has 1 aliphatic carbocycles. The monoisotopic (exact) mass is 348 g/mol. The molecule has 23 heavy (non-hydrogen) atoms. The zero-order valence-corrected chi connectivity index (χ0v) is 15.0. The van der Waals surface area contributed by atoms with Crippen molar-refractivity contribution in [3.8, 4) is 10.6 Å². The minimum Gasteiger partial charge on any atom is -0.366 e. The van der Waals surface area contributed by atoms with E-state index in [1.54, 1.807) is 17.5 Å². The predicted molar refractivity (Wildman–Crippen MR) is 95.6 cm³/mol. The van der Waals surface area contributed by atoms with E-state index in [-0.39, 0.29) is 11.3 Å². The van der Waals surface area contributed by atoms with E-state index in [4.69, 9.17) is 9.92 Å². The summed E-state index contributed by atoms with van der Waals surface area (Å²) >= 11 is 5.48. The molecule has 6 heteroatoms. The number of aromatic nitrogens is 1. The first kappa shape index (κ1) is 16.5. The van der Waals surface area contributed by atoms with Gasteiger partial charge in [0.15, 0.2) is 0 Å². The number of amides is 1. The molecule has 2 N–H and O–H groups in total. The number of carbonyl (C=O) groups excluding carboxylic acids is 1. The number of rotatable bonds is 4. The van der Waals surface area contributed by atoms with Gasteiger partial charge in [0.05, 0.1) is 22.7 Å². The molecule has 0 spiro atoms. The number of pyridine rings is 1. The maximum atomic E-state index is 12.2. The number of thiol groups is 1. The summed E-state index contributed by atoms with van der Waals surface area (Å²) in [5, 5.41) is 0. The number of carbonyl (C=O) groups is 1. The third kappa shape index (κ3) is 3.16. The standard InChI is InChI=1S/C17H20N2O2S2/c1-17(2)6-5-12-11(8-17)13(16(18)20)15(23-12)14-10(9-21-22)4-3-7-19-14/h3-4,7,22H,5-6,8-9H2,1-2H3,(H2,18,20). The zero-order valence-electron chi connectivity index (χ0n) is 13.3. The molecule has 0 radical (unpaired) electrons. The third-order valence-corrected chi connectivity index (χ3v) is 5.78. The van der Waals surface area contributed by atoms with Crippen LogP contribution in [-0.4, -0.2) is 10.9 Å². The smallest absolute Gasteiger partial charge is 0.250 e. The summed E-state index contributed by atoms with van der Waals surface area (Å²) in [6, 6.07) is 3.79. The molecule has 0 atom stereocenters. The second kappa shape index (κ2) is 6.26. The van der Waals surface area contributed by atoms with Gasteiger partial charge in [0.2, 0.25) is 0 Å². The van der Waals surface area contributed by atoms with E-state index in [0.717, 1.165) is 41.0 Å². The van der Waals surface area contributed by atoms with Crippen molar-refractivity contribution in [1.29, 1.82) is 0 Å². The van der Waals surface area contributed by atoms with Gasteiger partial charge in [0.25, 0.3) is 5.91 Å². The SMILES string of the molecule is CC1(C)CCc2sc(-c3ncccc3COS)c(C(N)=O)c2C1. The van der Waals surface area contributed by atoms with Crippen LogP contribution < -0.4 is 5.73 Å². The quantitative estimate of drug-likeness (QED) is 0.653. The van der Waals surface area contributed by atoms with Crippen molar-refractivity contribution >= 4 is 30.2 Å². The third-order valence-electron chi connectivity index (χ3n) is 4.35. The maximum Gasteiger partial charge on any atom is 0.250 e. The van der Waals surface area contributed by atoms with Crippen molar-refractivity contribution in [3.05, 3.63) is 39.9 Å². The van der Waals surface area contributed by atoms with E-state index >= 15 is 0 Å². The van der Waals surface area contributed by atoms with Crippen LogP contribution in [0.2, 0.25) is 0 Å². The predicted octanol–water partition coefficient (Wildman–Crippen LogP) is 3.79. The van der Waals surface area contributed by atoms with E-state index in [1.807, 2.05) is 12.1 Å². The van der Waals surface area contributed by atoms with Crippen LogP contribution in [-0.2, 0) is 23.6 Å². The Hall–Kier alpha value is -1.37. The van der Waals surface area contributed by atoms with E-state index in [2.05, 4.69) is 31.7 Å². The molecule has 4 nitrogen and oxygen atoms in total. The first-order valence-electron chi connectivity index (χ1n) is 7.58. The fourth-order valence-corrected chi connectivity index (χ4v) is 4.67. The van der Waals surface area contributed by atoms with Gasteiger partial charge in [-0.1, -0.05) is 19.9 Å². The molecule has 0 saturated carbocycles. The van der Waals surface area contributed by atoms with Crippen LogP contribution in [0.3, 0.4) is 0 Å². The van der Waals surface area contributed by atoms with Crippen molar-refractivity contribution in [3.63, 3.8) is 0 Å². The minimum atomic E-state index is -0.376. The lowest BCUT2D eigenvalue weighted by Gasteiger charge is -2.29. The highest BCUT2D eigenvalue weighted by molar-refractivity contribution is 7.75. The van der Waals surface area contributed by atoms with Crippen molar-refractivity contribution < 1.29 is 8.98 Å². The number of hydrogen-bond donors (Lipinski definition) is 2. The van der Waals surface area contributed by atoms with E-state index in [0.29, 0.717) is 12.2 Å². The van der Waals surface area contributed by atoms with Crippen LogP contribution >= 0.6 is 24.2 Å². The summed E-state index contributed by atoms with van der Waals surface area (Å²) in [6.45, 7) is 4.80. The molecular formula is C17H20N2O2S2. The average Bonchev–Trinajstić information content (AvgIpc) is 2.85. The maximum absolute atomic E-state index is 12.2. The number of thiophene rings is 1. The molecule has 0 bridgehead atoms. The molecule has 3 rings (SSSR count). The van der Waals surface area contributed by atoms with Crippen LogP contribution in [0, 0.1) is 5.41 Å². The molecule has 1 aliphatic rings. The first-order valence-corrected chi connectivity index (χ1v) is 8.76. The highest BCUT2D eigenvalue weighted by Gasteiger charge is 2.33. The highest BCUT2D eigenvalue weighted by atomic mass is 32.1. The number of nitrogens with two attached hydrogens (primary N) is 1. The summed E-state index contributed by atoms with van der Waals surface area (Å²) < 4.78 is 4.97. The number of hydrogen-bond acceptors (Lipinski definition) is 5. The lowest BCUT2D eigenvalue weighted by molar-refractivity contribution is 0.0999. The Kier molecular flexibility index (Phi) is 4.49. The Balaban J connectivity index is 2.18. The molecule has 0 unspecified atom stereocenters. The minimum absolute atomic E-state index is 0.191. The molecule has 0 aromatic carbocycles. The van der Waals surface area contributed by atoms with Crippen molar-refractivity contribution in [2.24, 2.45) is 11.1 Å². The Morgan fingerprint density at radius 2 is 2.30 bits per heavy atom. The van der Waals surface area contributed by atoms with Gasteiger partial charge in [-0.3, -0.25) is 9.78 Å². The highest BCUT2D eigenvalue weighted by Crippen LogP contribution is 2.45. The van der Waals surface area contributed by atoms with Gasteiger partial charge in [0.1, 0.15) is 0 Å². The summed E-state index contributed by atoms with van der Waals surface area (Å²) in [6.07, 6.45) is 4.71. The zero-order chi connectivity index (χ0) is 16.6. The van der Waals surface area contributed by atoms with Crippen molar-refractivity contribution in [1.82, 2.24) is 4.98 Å². The molecule has 0 fully saturated rings. The molecule has 122 valence electrons. The molecule has 0 saturated heterocycles. The number of fused-ring (bicyclic) bond motifs is 1. The van der Waals surface area contributed by atoms with Gasteiger partial charge < -0.3 is 9.92 Å². The summed E-state index contributed by atoms with van der Waals surface area (Å²) in [5.74, 6) is -0.376. The Bertz CT molecular complexity index is 753. The van der Waals surface area contributed by atoms with Crippen molar-refractivity contribution in [2.75, 3.05) is 0 Å². The molecular weight excluding hydrogens is 328 g/mol. The topological polar surface area (TPSA) is 65.2 Å². The average molecular weight is 348 g/mol. The van der Waals surface area contributed by atoms with Crippen LogP contribution in [0.5, 0.6) is 0 Å². The van der Waals surface area contributed by atoms with Gasteiger partial charge in [0, 0.05) is 16.6 Å². The van der Waals surface area contributed by atoms with Gasteiger partial charge in [-0.15, -0.1) is 11.3 Å². The second-order valence-electron chi connectivity index (χ2n) is 6.70. The van der Waals surface area contributed by atoms with Crippen LogP contribution in [0.4, 0.5) is 0 Å². The number of primary amides is 1. The summed E-state index contributed by atoms with van der Waals surface area (Å²) in [4.78, 5) is 18.8. The van der Waals surface area contributed by atoms with E-state index in [1.165, 1.54) is 4.88 Å². The summed E-state index contributed by atoms with van der Waals surface area (Å²) in [7, 11) is 0. The van der Waals surface area contributed by atoms with Gasteiger partial charge in [-0.2, -0.15) is 0 Å². The van der Waals surface area contributed by atoms with Crippen molar-refractivity contribution in [2.45, 2.75) is 39.7 Å². The van der Waals surface area contributed by atoms with E-state index < -0.39 is 0 Å². The molecule has 2 aromatic rings. The largest absolute Gasteiger partial charge is 0.366 e.